The lowest BCUT2D eigenvalue weighted by molar-refractivity contribution is 1.22. The van der Waals surface area contributed by atoms with Crippen molar-refractivity contribution in [1.82, 2.24) is 0 Å². The van der Waals surface area contributed by atoms with Gasteiger partial charge < -0.3 is 0 Å². The van der Waals surface area contributed by atoms with Crippen LogP contribution < -0.4 is 0 Å². The summed E-state index contributed by atoms with van der Waals surface area (Å²) in [5.41, 5.74) is 0. The lowest BCUT2D eigenvalue weighted by Crippen LogP contribution is -1.55. The van der Waals surface area contributed by atoms with E-state index in [1.54, 1.807) is 12.4 Å². The molecule has 0 aromatic heterocycles. The zero-order valence-corrected chi connectivity index (χ0v) is 6.67. The van der Waals surface area contributed by atoms with Crippen LogP contribution in [-0.4, -0.2) is 0 Å². The van der Waals surface area contributed by atoms with Crippen molar-refractivity contribution >= 4 is 0 Å². The largest absolute Gasteiger partial charge is 0.159 e. The molecule has 0 aliphatic carbocycles. The van der Waals surface area contributed by atoms with Crippen molar-refractivity contribution in [3.8, 4) is 0 Å². The fourth-order valence-electron chi connectivity index (χ4n) is 0.638. The summed E-state index contributed by atoms with van der Waals surface area (Å²) >= 11 is 0. The van der Waals surface area contributed by atoms with Crippen molar-refractivity contribution < 1.29 is 0 Å². The molecular formula is C10H10N2. The van der Waals surface area contributed by atoms with Gasteiger partial charge in [0.25, 0.3) is 0 Å². The highest BCUT2D eigenvalue weighted by Crippen LogP contribution is 1.88. The summed E-state index contributed by atoms with van der Waals surface area (Å²) in [5, 5.41) is 7.51. The lowest BCUT2D eigenvalue weighted by Gasteiger charge is -1.76. The molecule has 1 aliphatic rings. The van der Waals surface area contributed by atoms with Gasteiger partial charge >= 0.3 is 0 Å². The van der Waals surface area contributed by atoms with Crippen LogP contribution in [-0.2, 0) is 0 Å². The minimum absolute atomic E-state index is 1.64. The summed E-state index contributed by atoms with van der Waals surface area (Å²) in [6.45, 7) is 0. The molecule has 0 unspecified atom stereocenters. The summed E-state index contributed by atoms with van der Waals surface area (Å²) in [7, 11) is 0. The summed E-state index contributed by atoms with van der Waals surface area (Å²) in [4.78, 5) is 0. The molecule has 0 N–H and O–H groups in total. The van der Waals surface area contributed by atoms with Crippen molar-refractivity contribution in [2.45, 2.75) is 0 Å². The minimum atomic E-state index is 1.64. The van der Waals surface area contributed by atoms with Gasteiger partial charge in [-0.05, 0) is 12.2 Å². The van der Waals surface area contributed by atoms with Crippen LogP contribution in [0.5, 0.6) is 0 Å². The van der Waals surface area contributed by atoms with Gasteiger partial charge in [-0.15, -0.1) is 0 Å². The molecule has 0 aromatic carbocycles. The Kier molecular flexibility index (Phi) is 4.23. The van der Waals surface area contributed by atoms with Crippen LogP contribution in [0.4, 0.5) is 0 Å². The molecule has 0 fully saturated rings. The molecule has 0 radical (unpaired) electrons. The molecule has 0 saturated heterocycles. The second-order valence-electron chi connectivity index (χ2n) is 2.07. The van der Waals surface area contributed by atoms with Crippen LogP contribution in [0.15, 0.2) is 71.2 Å². The predicted octanol–water partition coefficient (Wildman–Crippen LogP) is 3.15. The van der Waals surface area contributed by atoms with Gasteiger partial charge in [-0.3, -0.25) is 0 Å². The van der Waals surface area contributed by atoms with E-state index in [1.807, 2.05) is 48.6 Å². The van der Waals surface area contributed by atoms with Gasteiger partial charge in [0.2, 0.25) is 0 Å². The van der Waals surface area contributed by atoms with Gasteiger partial charge in [0.1, 0.15) is 0 Å². The number of azo groups is 1. The summed E-state index contributed by atoms with van der Waals surface area (Å²) in [6, 6.07) is 0. The maximum absolute atomic E-state index is 3.75. The highest BCUT2D eigenvalue weighted by molar-refractivity contribution is 5.17. The van der Waals surface area contributed by atoms with Crippen molar-refractivity contribution in [3.63, 3.8) is 0 Å². The van der Waals surface area contributed by atoms with Gasteiger partial charge in [-0.25, -0.2) is 0 Å². The van der Waals surface area contributed by atoms with Gasteiger partial charge in [-0.1, -0.05) is 36.5 Å². The van der Waals surface area contributed by atoms with E-state index in [2.05, 4.69) is 10.2 Å². The average molecular weight is 158 g/mol. The van der Waals surface area contributed by atoms with E-state index < -0.39 is 0 Å². The fourth-order valence-corrected chi connectivity index (χ4v) is 0.638. The topological polar surface area (TPSA) is 24.7 Å². The number of rotatable bonds is 0. The van der Waals surface area contributed by atoms with Crippen molar-refractivity contribution in [1.29, 1.82) is 0 Å². The van der Waals surface area contributed by atoms with Crippen molar-refractivity contribution in [2.75, 3.05) is 0 Å². The molecule has 2 nitrogen and oxygen atoms in total. The fraction of sp³-hybridized carbons (Fsp3) is 0. The molecule has 0 atom stereocenters. The number of hydrogen-bond donors (Lipinski definition) is 0. The van der Waals surface area contributed by atoms with Gasteiger partial charge in [0.15, 0.2) is 0 Å². The maximum Gasteiger partial charge on any atom is 0.0495 e. The third-order valence-electron chi connectivity index (χ3n) is 1.15. The average Bonchev–Trinajstić information content (AvgIpc) is 2.05. The summed E-state index contributed by atoms with van der Waals surface area (Å²) in [5.74, 6) is 0. The van der Waals surface area contributed by atoms with E-state index in [-0.39, 0.29) is 0 Å². The standard InChI is InChI=1S/C10H10N2/c1-2-4-6-8-10-12-11-9-7-5-3-1/h1-10H/b2-1-,3-1?,4-2?,5-3+,6-4+,7-5?,8-6?,9-7-,10-8+,11-9?,12-10?,12-11+. The van der Waals surface area contributed by atoms with E-state index in [0.717, 1.165) is 0 Å². The van der Waals surface area contributed by atoms with Gasteiger partial charge in [-0.2, -0.15) is 10.2 Å². The van der Waals surface area contributed by atoms with Crippen LogP contribution in [0.1, 0.15) is 0 Å². The molecule has 0 amide bonds. The van der Waals surface area contributed by atoms with E-state index in [4.69, 9.17) is 0 Å². The molecule has 1 heterocycles. The van der Waals surface area contributed by atoms with Crippen LogP contribution in [0.25, 0.3) is 0 Å². The Labute approximate surface area is 72.0 Å². The zero-order chi connectivity index (χ0) is 8.49. The number of allylic oxidation sites excluding steroid dienone is 8. The van der Waals surface area contributed by atoms with Crippen LogP contribution in [0, 0.1) is 0 Å². The van der Waals surface area contributed by atoms with E-state index in [1.165, 1.54) is 0 Å². The Balaban J connectivity index is 2.67. The molecule has 60 valence electrons. The SMILES string of the molecule is C1=C\C=C\C=C\N=N\C=C/C=C/1. The molecule has 0 bridgehead atoms. The molecule has 1 rings (SSSR count). The second-order valence-corrected chi connectivity index (χ2v) is 2.07. The first-order valence-corrected chi connectivity index (χ1v) is 3.72. The molecule has 0 saturated carbocycles. The van der Waals surface area contributed by atoms with Gasteiger partial charge in [0.05, 0.1) is 0 Å². The first kappa shape index (κ1) is 8.40. The van der Waals surface area contributed by atoms with E-state index in [0.29, 0.717) is 0 Å². The zero-order valence-electron chi connectivity index (χ0n) is 6.67. The maximum atomic E-state index is 3.75. The molecule has 2 heteroatoms. The smallest absolute Gasteiger partial charge is 0.0495 e. The highest BCUT2D eigenvalue weighted by Gasteiger charge is 1.66. The van der Waals surface area contributed by atoms with Crippen LogP contribution in [0.2, 0.25) is 0 Å². The minimum Gasteiger partial charge on any atom is -0.159 e. The second kappa shape index (κ2) is 6.04. The Bertz CT molecular complexity index is 177. The highest BCUT2D eigenvalue weighted by atomic mass is 15.1. The Hall–Kier alpha value is -1.70. The Morgan fingerprint density at radius 3 is 1.17 bits per heavy atom. The molecule has 0 aromatic rings. The van der Waals surface area contributed by atoms with Crippen LogP contribution >= 0.6 is 0 Å². The quantitative estimate of drug-likeness (QED) is 0.517. The summed E-state index contributed by atoms with van der Waals surface area (Å²) < 4.78 is 0. The number of hydrogen-bond acceptors (Lipinski definition) is 2. The molecule has 12 heavy (non-hydrogen) atoms. The Morgan fingerprint density at radius 2 is 0.750 bits per heavy atom. The van der Waals surface area contributed by atoms with Crippen LogP contribution in [0.3, 0.4) is 0 Å². The molecule has 0 spiro atoms. The normalized spacial score (nSPS) is 32.0. The molecule has 1 aliphatic heterocycles. The van der Waals surface area contributed by atoms with E-state index >= 15 is 0 Å². The van der Waals surface area contributed by atoms with Crippen molar-refractivity contribution in [3.05, 3.63) is 61.0 Å². The predicted molar refractivity (Wildman–Crippen MR) is 50.6 cm³/mol. The first-order valence-electron chi connectivity index (χ1n) is 3.72. The lowest BCUT2D eigenvalue weighted by atomic mass is 10.4. The molecular weight excluding hydrogens is 148 g/mol. The summed E-state index contributed by atoms with van der Waals surface area (Å²) in [6.07, 6.45) is 18.5. The van der Waals surface area contributed by atoms with E-state index in [9.17, 15) is 0 Å². The van der Waals surface area contributed by atoms with Gasteiger partial charge in [0, 0.05) is 12.4 Å². The van der Waals surface area contributed by atoms with Crippen molar-refractivity contribution in [2.24, 2.45) is 10.2 Å². The third-order valence-corrected chi connectivity index (χ3v) is 1.15. The first-order chi connectivity index (χ1) is 6.00. The Morgan fingerprint density at radius 1 is 0.417 bits per heavy atom. The monoisotopic (exact) mass is 158 g/mol. The number of nitrogens with zero attached hydrogens (tertiary/aromatic N) is 2. The third kappa shape index (κ3) is 4.17.